The quantitative estimate of drug-likeness (QED) is 0.466. The molecule has 3 heterocycles. The molecule has 30 heavy (non-hydrogen) atoms. The first-order chi connectivity index (χ1) is 14.4. The number of ether oxygens (including phenoxy) is 2. The molecule has 0 aliphatic carbocycles. The molecule has 5 rings (SSSR count). The van der Waals surface area contributed by atoms with E-state index in [4.69, 9.17) is 9.47 Å². The Morgan fingerprint density at radius 2 is 1.80 bits per heavy atom. The Hall–Kier alpha value is -3.11. The maximum Gasteiger partial charge on any atom is 0.422 e. The first-order valence-electron chi connectivity index (χ1n) is 9.19. The second-order valence-electron chi connectivity index (χ2n) is 7.07. The van der Waals surface area contributed by atoms with E-state index in [1.807, 2.05) is 29.2 Å². The molecule has 2 saturated heterocycles. The van der Waals surface area contributed by atoms with Crippen LogP contribution in [0.3, 0.4) is 0 Å². The number of hydrogen-bond acceptors (Lipinski definition) is 8. The number of nitrogens with zero attached hydrogens (tertiary/aromatic N) is 3. The highest BCUT2D eigenvalue weighted by Crippen LogP contribution is 2.38. The summed E-state index contributed by atoms with van der Waals surface area (Å²) in [7, 11) is 0. The van der Waals surface area contributed by atoms with E-state index in [1.54, 1.807) is 4.90 Å². The van der Waals surface area contributed by atoms with E-state index in [9.17, 15) is 18.4 Å². The van der Waals surface area contributed by atoms with Crippen molar-refractivity contribution in [3.8, 4) is 0 Å². The van der Waals surface area contributed by atoms with Gasteiger partial charge >= 0.3 is 17.8 Å². The topological polar surface area (TPSA) is 72.0 Å². The lowest BCUT2D eigenvalue weighted by Crippen LogP contribution is -2.63. The number of esters is 2. The standard InChI is InChI=1S/C20H15F2N3O4S/c21-13-6-5-12(9-14(13)22)10-24-7-8-25(20(11-24)28-17(26)18(27)29-20)19-23-15-3-1-2-4-16(15)30-19/h1-6,9H,7-8,10-11H2. The second-order valence-corrected chi connectivity index (χ2v) is 8.08. The third kappa shape index (κ3) is 3.17. The van der Waals surface area contributed by atoms with Crippen molar-refractivity contribution < 1.29 is 27.8 Å². The van der Waals surface area contributed by atoms with Gasteiger partial charge < -0.3 is 9.47 Å². The van der Waals surface area contributed by atoms with Gasteiger partial charge in [0.2, 0.25) is 0 Å². The monoisotopic (exact) mass is 431 g/mol. The number of thiazole rings is 1. The highest BCUT2D eigenvalue weighted by atomic mass is 32.1. The van der Waals surface area contributed by atoms with Gasteiger partial charge in [-0.15, -0.1) is 0 Å². The fourth-order valence-electron chi connectivity index (χ4n) is 3.68. The minimum Gasteiger partial charge on any atom is -0.394 e. The number of carbonyl (C=O) groups excluding carboxylic acids is 2. The summed E-state index contributed by atoms with van der Waals surface area (Å²) in [6.45, 7) is 1.16. The Morgan fingerprint density at radius 1 is 1.03 bits per heavy atom. The van der Waals surface area contributed by atoms with Gasteiger partial charge in [-0.1, -0.05) is 29.5 Å². The van der Waals surface area contributed by atoms with Gasteiger partial charge in [0.25, 0.3) is 0 Å². The largest absolute Gasteiger partial charge is 0.422 e. The molecular formula is C20H15F2N3O4S. The van der Waals surface area contributed by atoms with E-state index in [1.165, 1.54) is 17.4 Å². The van der Waals surface area contributed by atoms with Crippen LogP contribution in [-0.2, 0) is 25.6 Å². The van der Waals surface area contributed by atoms with Crippen LogP contribution in [-0.4, -0.2) is 47.4 Å². The lowest BCUT2D eigenvalue weighted by atomic mass is 10.1. The molecule has 0 bridgehead atoms. The van der Waals surface area contributed by atoms with Gasteiger partial charge in [-0.3, -0.25) is 9.80 Å². The van der Waals surface area contributed by atoms with Crippen LogP contribution >= 0.6 is 11.3 Å². The molecule has 0 unspecified atom stereocenters. The molecule has 2 aliphatic heterocycles. The van der Waals surface area contributed by atoms with Crippen LogP contribution in [0.5, 0.6) is 0 Å². The molecule has 0 saturated carbocycles. The molecule has 1 aromatic heterocycles. The first kappa shape index (κ1) is 18.9. The molecule has 0 N–H and O–H groups in total. The number of halogens is 2. The minimum atomic E-state index is -1.65. The summed E-state index contributed by atoms with van der Waals surface area (Å²) < 4.78 is 38.5. The molecule has 0 atom stereocenters. The van der Waals surface area contributed by atoms with Crippen molar-refractivity contribution in [2.75, 3.05) is 24.5 Å². The summed E-state index contributed by atoms with van der Waals surface area (Å²) in [6, 6.07) is 11.2. The zero-order chi connectivity index (χ0) is 20.9. The van der Waals surface area contributed by atoms with Gasteiger partial charge in [-0.05, 0) is 29.8 Å². The highest BCUT2D eigenvalue weighted by molar-refractivity contribution is 7.22. The number of hydrogen-bond donors (Lipinski definition) is 0. The van der Waals surface area contributed by atoms with Gasteiger partial charge in [-0.2, -0.15) is 0 Å². The SMILES string of the molecule is O=C1OC2(CN(Cc3ccc(F)c(F)c3)CCN2c2nc3ccccc3s2)OC1=O. The average Bonchev–Trinajstić information content (AvgIpc) is 3.25. The number of piperazine rings is 1. The van der Waals surface area contributed by atoms with Crippen molar-refractivity contribution in [3.05, 3.63) is 59.7 Å². The predicted octanol–water partition coefficient (Wildman–Crippen LogP) is 2.65. The molecule has 0 amide bonds. The lowest BCUT2D eigenvalue weighted by Gasteiger charge is -2.44. The lowest BCUT2D eigenvalue weighted by molar-refractivity contribution is -0.193. The maximum atomic E-state index is 13.6. The van der Waals surface area contributed by atoms with E-state index >= 15 is 0 Å². The zero-order valence-corrected chi connectivity index (χ0v) is 16.3. The molecule has 154 valence electrons. The third-order valence-electron chi connectivity index (χ3n) is 5.05. The number of rotatable bonds is 3. The number of carbonyl (C=O) groups is 2. The summed E-state index contributed by atoms with van der Waals surface area (Å²) in [6.07, 6.45) is 0. The van der Waals surface area contributed by atoms with Crippen molar-refractivity contribution in [2.24, 2.45) is 0 Å². The Kier molecular flexibility index (Phi) is 4.40. The second kappa shape index (κ2) is 6.99. The molecule has 2 aromatic carbocycles. The molecule has 2 fully saturated rings. The fraction of sp³-hybridized carbons (Fsp3) is 0.250. The number of para-hydroxylation sites is 1. The fourth-order valence-corrected chi connectivity index (χ4v) is 4.72. The maximum absolute atomic E-state index is 13.6. The van der Waals surface area contributed by atoms with Gasteiger partial charge in [-0.25, -0.2) is 23.4 Å². The molecule has 3 aromatic rings. The van der Waals surface area contributed by atoms with Crippen molar-refractivity contribution in [3.63, 3.8) is 0 Å². The summed E-state index contributed by atoms with van der Waals surface area (Å²) >= 11 is 1.40. The number of benzene rings is 2. The Bertz CT molecular complexity index is 1120. The van der Waals surface area contributed by atoms with Crippen molar-refractivity contribution in [2.45, 2.75) is 12.5 Å². The van der Waals surface area contributed by atoms with Crippen molar-refractivity contribution >= 4 is 38.6 Å². The highest BCUT2D eigenvalue weighted by Gasteiger charge is 2.57. The van der Waals surface area contributed by atoms with E-state index in [2.05, 4.69) is 4.98 Å². The molecule has 7 nitrogen and oxygen atoms in total. The minimum absolute atomic E-state index is 0.0411. The molecule has 10 heteroatoms. The summed E-state index contributed by atoms with van der Waals surface area (Å²) in [4.78, 5) is 31.9. The number of fused-ring (bicyclic) bond motifs is 1. The van der Waals surface area contributed by atoms with E-state index in [0.29, 0.717) is 23.8 Å². The molecular weight excluding hydrogens is 416 g/mol. The van der Waals surface area contributed by atoms with Gasteiger partial charge in [0, 0.05) is 19.6 Å². The number of anilines is 1. The molecule has 0 radical (unpaired) electrons. The summed E-state index contributed by atoms with van der Waals surface area (Å²) in [5, 5.41) is 0.561. The van der Waals surface area contributed by atoms with Crippen LogP contribution in [0.4, 0.5) is 13.9 Å². The van der Waals surface area contributed by atoms with Gasteiger partial charge in [0.1, 0.15) is 0 Å². The predicted molar refractivity (Wildman–Crippen MR) is 104 cm³/mol. The smallest absolute Gasteiger partial charge is 0.394 e. The molecule has 1 spiro atoms. The van der Waals surface area contributed by atoms with Crippen LogP contribution in [0.15, 0.2) is 42.5 Å². The summed E-state index contributed by atoms with van der Waals surface area (Å²) in [5.74, 6) is -5.66. The van der Waals surface area contributed by atoms with Crippen LogP contribution < -0.4 is 4.90 Å². The number of aromatic nitrogens is 1. The van der Waals surface area contributed by atoms with Crippen LogP contribution in [0.25, 0.3) is 10.2 Å². The molecule has 2 aliphatic rings. The summed E-state index contributed by atoms with van der Waals surface area (Å²) in [5.41, 5.74) is 1.33. The average molecular weight is 431 g/mol. The van der Waals surface area contributed by atoms with E-state index < -0.39 is 29.5 Å². The van der Waals surface area contributed by atoms with E-state index in [-0.39, 0.29) is 13.1 Å². The van der Waals surface area contributed by atoms with Crippen LogP contribution in [0, 0.1) is 11.6 Å². The van der Waals surface area contributed by atoms with E-state index in [0.717, 1.165) is 22.3 Å². The third-order valence-corrected chi connectivity index (χ3v) is 6.11. The Labute approximate surface area is 173 Å². The van der Waals surface area contributed by atoms with Gasteiger partial charge in [0.05, 0.1) is 16.8 Å². The van der Waals surface area contributed by atoms with Crippen molar-refractivity contribution in [1.82, 2.24) is 9.88 Å². The Morgan fingerprint density at radius 3 is 2.53 bits per heavy atom. The van der Waals surface area contributed by atoms with Crippen LogP contribution in [0.2, 0.25) is 0 Å². The first-order valence-corrected chi connectivity index (χ1v) is 10.0. The Balaban J connectivity index is 1.45. The normalized spacial score (nSPS) is 18.8. The van der Waals surface area contributed by atoms with Crippen LogP contribution in [0.1, 0.15) is 5.56 Å². The van der Waals surface area contributed by atoms with Gasteiger partial charge in [0.15, 0.2) is 16.8 Å². The van der Waals surface area contributed by atoms with Crippen molar-refractivity contribution in [1.29, 1.82) is 0 Å². The zero-order valence-electron chi connectivity index (χ0n) is 15.5.